The van der Waals surface area contributed by atoms with Gasteiger partial charge in [0.2, 0.25) is 5.82 Å². The molecule has 0 fully saturated rings. The monoisotopic (exact) mass is 533 g/mol. The van der Waals surface area contributed by atoms with Crippen molar-refractivity contribution in [3.05, 3.63) is 121 Å². The van der Waals surface area contributed by atoms with E-state index < -0.39 is 0 Å². The fourth-order valence-electron chi connectivity index (χ4n) is 7.19. The van der Waals surface area contributed by atoms with E-state index in [0.29, 0.717) is 0 Å². The average Bonchev–Trinajstić information content (AvgIpc) is 3.67. The highest BCUT2D eigenvalue weighted by molar-refractivity contribution is 6.34. The summed E-state index contributed by atoms with van der Waals surface area (Å²) < 4.78 is 4.69. The second-order valence-electron chi connectivity index (χ2n) is 11.0. The Kier molecular flexibility index (Phi) is 3.94. The van der Waals surface area contributed by atoms with Crippen molar-refractivity contribution < 1.29 is 0 Å². The first-order chi connectivity index (χ1) is 20.8. The number of aromatic nitrogens is 4. The molecule has 0 atom stereocenters. The van der Waals surface area contributed by atoms with E-state index in [2.05, 4.69) is 111 Å². The van der Waals surface area contributed by atoms with Crippen LogP contribution in [-0.4, -0.2) is 18.9 Å². The molecule has 0 saturated heterocycles. The van der Waals surface area contributed by atoms with Crippen molar-refractivity contribution in [1.29, 1.82) is 5.26 Å². The largest absolute Gasteiger partial charge is 0.308 e. The average molecular weight is 534 g/mol. The summed E-state index contributed by atoms with van der Waals surface area (Å²) in [5, 5.41) is 20.4. The Morgan fingerprint density at radius 1 is 0.524 bits per heavy atom. The minimum atomic E-state index is 0.159. The van der Waals surface area contributed by atoms with Crippen molar-refractivity contribution in [3.63, 3.8) is 0 Å². The SMILES string of the molecule is N#Cc1nc(-n2c3cc4ccccc4cc3c3cc4c5ccccc5n5c6ccccc6c(c32)c45)c2ccccc2n1. The van der Waals surface area contributed by atoms with Gasteiger partial charge in [-0.15, -0.1) is 0 Å². The van der Waals surface area contributed by atoms with Gasteiger partial charge in [-0.25, -0.2) is 9.97 Å². The number of fused-ring (bicyclic) bond motifs is 12. The third-order valence-corrected chi connectivity index (χ3v) is 8.86. The van der Waals surface area contributed by atoms with Crippen LogP contribution in [0.15, 0.2) is 115 Å². The number of nitriles is 1. The van der Waals surface area contributed by atoms with E-state index >= 15 is 0 Å². The zero-order valence-corrected chi connectivity index (χ0v) is 22.2. The number of benzene rings is 6. The molecule has 0 radical (unpaired) electrons. The van der Waals surface area contributed by atoms with E-state index in [1.54, 1.807) is 0 Å². The van der Waals surface area contributed by atoms with Crippen molar-refractivity contribution in [2.45, 2.75) is 0 Å². The molecule has 0 spiro atoms. The summed E-state index contributed by atoms with van der Waals surface area (Å²) in [5.74, 6) is 0.876. The molecule has 5 heteroatoms. The van der Waals surface area contributed by atoms with Crippen LogP contribution in [0.25, 0.3) is 87.4 Å². The van der Waals surface area contributed by atoms with Crippen molar-refractivity contribution in [3.8, 4) is 11.9 Å². The van der Waals surface area contributed by atoms with E-state index in [-0.39, 0.29) is 5.82 Å². The Labute approximate surface area is 238 Å². The highest BCUT2D eigenvalue weighted by Gasteiger charge is 2.25. The molecule has 0 unspecified atom stereocenters. The maximum Gasteiger partial charge on any atom is 0.234 e. The zero-order valence-electron chi connectivity index (χ0n) is 22.2. The number of hydrogen-bond donors (Lipinski definition) is 0. The Balaban J connectivity index is 1.57. The van der Waals surface area contributed by atoms with Gasteiger partial charge in [-0.2, -0.15) is 5.26 Å². The van der Waals surface area contributed by atoms with Crippen LogP contribution in [0.5, 0.6) is 0 Å². The lowest BCUT2D eigenvalue weighted by atomic mass is 10.0. The fourth-order valence-corrected chi connectivity index (χ4v) is 7.19. The molecule has 192 valence electrons. The smallest absolute Gasteiger partial charge is 0.234 e. The molecule has 0 amide bonds. The highest BCUT2D eigenvalue weighted by Crippen LogP contribution is 2.47. The van der Waals surface area contributed by atoms with Gasteiger partial charge in [-0.3, -0.25) is 4.57 Å². The number of rotatable bonds is 1. The second kappa shape index (κ2) is 7.60. The maximum atomic E-state index is 9.96. The van der Waals surface area contributed by atoms with Crippen molar-refractivity contribution >= 4 is 81.6 Å². The van der Waals surface area contributed by atoms with E-state index in [1.807, 2.05) is 24.3 Å². The van der Waals surface area contributed by atoms with Crippen LogP contribution in [0.4, 0.5) is 0 Å². The Morgan fingerprint density at radius 3 is 1.98 bits per heavy atom. The molecule has 0 aliphatic rings. The minimum Gasteiger partial charge on any atom is -0.308 e. The van der Waals surface area contributed by atoms with E-state index in [4.69, 9.17) is 4.98 Å². The minimum absolute atomic E-state index is 0.159. The fraction of sp³-hybridized carbons (Fsp3) is 0. The molecule has 10 rings (SSSR count). The van der Waals surface area contributed by atoms with Crippen molar-refractivity contribution in [2.24, 2.45) is 0 Å². The van der Waals surface area contributed by atoms with Crippen LogP contribution in [0, 0.1) is 11.3 Å². The van der Waals surface area contributed by atoms with Gasteiger partial charge in [0, 0.05) is 37.7 Å². The topological polar surface area (TPSA) is 58.9 Å². The first kappa shape index (κ1) is 21.8. The molecule has 4 aromatic heterocycles. The Hall–Kier alpha value is -5.99. The van der Waals surface area contributed by atoms with Gasteiger partial charge < -0.3 is 4.40 Å². The van der Waals surface area contributed by atoms with Crippen LogP contribution < -0.4 is 0 Å². The number of para-hydroxylation sites is 3. The van der Waals surface area contributed by atoms with Crippen LogP contribution in [0.3, 0.4) is 0 Å². The lowest BCUT2D eigenvalue weighted by Gasteiger charge is -2.12. The zero-order chi connectivity index (χ0) is 27.5. The molecule has 0 aliphatic carbocycles. The van der Waals surface area contributed by atoms with Crippen LogP contribution in [-0.2, 0) is 0 Å². The molecule has 0 saturated carbocycles. The van der Waals surface area contributed by atoms with Gasteiger partial charge >= 0.3 is 0 Å². The summed E-state index contributed by atoms with van der Waals surface area (Å²) in [4.78, 5) is 9.45. The molecule has 0 N–H and O–H groups in total. The molecule has 0 aliphatic heterocycles. The first-order valence-corrected chi connectivity index (χ1v) is 14.0. The van der Waals surface area contributed by atoms with Crippen LogP contribution in [0.1, 0.15) is 5.82 Å². The van der Waals surface area contributed by atoms with Gasteiger partial charge in [0.05, 0.1) is 33.1 Å². The third-order valence-electron chi connectivity index (χ3n) is 8.86. The molecular weight excluding hydrogens is 514 g/mol. The summed E-state index contributed by atoms with van der Waals surface area (Å²) in [6.45, 7) is 0. The summed E-state index contributed by atoms with van der Waals surface area (Å²) in [5.41, 5.74) is 6.49. The summed E-state index contributed by atoms with van der Waals surface area (Å²) in [6.07, 6.45) is 0. The number of hydrogen-bond acceptors (Lipinski definition) is 3. The molecule has 42 heavy (non-hydrogen) atoms. The second-order valence-corrected chi connectivity index (χ2v) is 11.0. The summed E-state index contributed by atoms with van der Waals surface area (Å²) in [7, 11) is 0. The number of nitrogens with zero attached hydrogens (tertiary/aromatic N) is 5. The standard InChI is InChI=1S/C37H19N5/c38-20-33-39-29-14-6-3-12-24(29)37(40-33)42-32-18-22-10-2-1-9-21(22)17-26(32)28-19-27-23-11-4-7-15-30(23)41-31-16-8-5-13-25(31)34(35(27)41)36(28)42/h1-19H. The normalized spacial score (nSPS) is 12.3. The van der Waals surface area contributed by atoms with Gasteiger partial charge in [-0.05, 0) is 53.2 Å². The predicted octanol–water partition coefficient (Wildman–Crippen LogP) is 8.90. The van der Waals surface area contributed by atoms with Gasteiger partial charge in [-0.1, -0.05) is 72.8 Å². The van der Waals surface area contributed by atoms with E-state index in [0.717, 1.165) is 38.5 Å². The Morgan fingerprint density at radius 2 is 1.17 bits per heavy atom. The summed E-state index contributed by atoms with van der Waals surface area (Å²) >= 11 is 0. The Bertz CT molecular complexity index is 2810. The van der Waals surface area contributed by atoms with Gasteiger partial charge in [0.1, 0.15) is 11.9 Å². The van der Waals surface area contributed by atoms with Crippen molar-refractivity contribution in [1.82, 2.24) is 18.9 Å². The lowest BCUT2D eigenvalue weighted by Crippen LogP contribution is -2.03. The van der Waals surface area contributed by atoms with Gasteiger partial charge in [0.25, 0.3) is 0 Å². The first-order valence-electron chi connectivity index (χ1n) is 14.0. The van der Waals surface area contributed by atoms with E-state index in [9.17, 15) is 5.26 Å². The quantitative estimate of drug-likeness (QED) is 0.212. The van der Waals surface area contributed by atoms with Crippen LogP contribution in [0.2, 0.25) is 0 Å². The molecule has 6 aromatic carbocycles. The molecular formula is C37H19N5. The van der Waals surface area contributed by atoms with Gasteiger partial charge in [0.15, 0.2) is 0 Å². The maximum absolute atomic E-state index is 9.96. The van der Waals surface area contributed by atoms with Crippen LogP contribution >= 0.6 is 0 Å². The van der Waals surface area contributed by atoms with Crippen molar-refractivity contribution in [2.75, 3.05) is 0 Å². The van der Waals surface area contributed by atoms with E-state index in [1.165, 1.54) is 48.9 Å². The molecule has 10 aromatic rings. The molecule has 5 nitrogen and oxygen atoms in total. The predicted molar refractivity (Wildman–Crippen MR) is 171 cm³/mol. The third kappa shape index (κ3) is 2.57. The molecule has 4 heterocycles. The lowest BCUT2D eigenvalue weighted by molar-refractivity contribution is 1.05. The summed E-state index contributed by atoms with van der Waals surface area (Å²) in [6, 6.07) is 42.9. The highest BCUT2D eigenvalue weighted by atomic mass is 15.1. The molecule has 0 bridgehead atoms.